The van der Waals surface area contributed by atoms with Crippen LogP contribution in [-0.4, -0.2) is 15.2 Å². The summed E-state index contributed by atoms with van der Waals surface area (Å²) in [5.74, 6) is 2.74. The fourth-order valence-electron chi connectivity index (χ4n) is 5.55. The van der Waals surface area contributed by atoms with Gasteiger partial charge in [0.1, 0.15) is 0 Å². The zero-order valence-electron chi connectivity index (χ0n) is 13.1. The van der Waals surface area contributed by atoms with Crippen LogP contribution in [0.15, 0.2) is 40.3 Å². The molecule has 3 aromatic rings. The topological polar surface area (TPSA) is 48.6 Å². The molecule has 122 valence electrons. The molecule has 1 aromatic carbocycles. The summed E-state index contributed by atoms with van der Waals surface area (Å²) in [6.07, 6.45) is 6.34. The Morgan fingerprint density at radius 1 is 1.12 bits per heavy atom. The van der Waals surface area contributed by atoms with E-state index in [-0.39, 0.29) is 4.87 Å². The minimum absolute atomic E-state index is 0.102. The van der Waals surface area contributed by atoms with Crippen LogP contribution in [0.3, 0.4) is 0 Å². The molecule has 1 aliphatic heterocycles. The Labute approximate surface area is 147 Å². The van der Waals surface area contributed by atoms with E-state index in [4.69, 9.17) is 0 Å². The summed E-state index contributed by atoms with van der Waals surface area (Å²) in [5, 5.41) is 3.15. The number of H-pyrrole nitrogens is 2. The van der Waals surface area contributed by atoms with Gasteiger partial charge in [-0.2, -0.15) is 0 Å². The van der Waals surface area contributed by atoms with E-state index in [9.17, 15) is 4.79 Å². The third-order valence-electron chi connectivity index (χ3n) is 6.42. The molecule has 2 aromatic heterocycles. The molecule has 0 amide bonds. The lowest BCUT2D eigenvalue weighted by Gasteiger charge is -2.39. The summed E-state index contributed by atoms with van der Waals surface area (Å²) >= 11 is 3.40. The van der Waals surface area contributed by atoms with Gasteiger partial charge in [-0.05, 0) is 48.6 Å². The second-order valence-corrected chi connectivity index (χ2v) is 9.67. The second kappa shape index (κ2) is 4.79. The largest absolute Gasteiger partial charge is 0.361 e. The fraction of sp³-hybridized carbons (Fsp3) is 0.421. The van der Waals surface area contributed by atoms with Gasteiger partial charge < -0.3 is 9.97 Å². The van der Waals surface area contributed by atoms with E-state index >= 15 is 0 Å². The van der Waals surface area contributed by atoms with Crippen molar-refractivity contribution in [2.45, 2.75) is 35.5 Å². The third-order valence-corrected chi connectivity index (χ3v) is 9.05. The molecule has 5 atom stereocenters. The lowest BCUT2D eigenvalue weighted by Crippen LogP contribution is -2.33. The van der Waals surface area contributed by atoms with Gasteiger partial charge in [0.15, 0.2) is 0 Å². The number of aromatic nitrogens is 2. The molecule has 2 N–H and O–H groups in total. The van der Waals surface area contributed by atoms with E-state index in [1.807, 2.05) is 11.8 Å². The van der Waals surface area contributed by atoms with Gasteiger partial charge in [0.05, 0.1) is 5.03 Å². The van der Waals surface area contributed by atoms with E-state index in [0.717, 1.165) is 16.9 Å². The molecule has 0 radical (unpaired) electrons. The van der Waals surface area contributed by atoms with E-state index in [1.54, 1.807) is 0 Å². The first-order valence-corrected chi connectivity index (χ1v) is 10.4. The third kappa shape index (κ3) is 1.72. The van der Waals surface area contributed by atoms with Crippen molar-refractivity contribution >= 4 is 34.0 Å². The molecule has 2 saturated carbocycles. The van der Waals surface area contributed by atoms with Crippen LogP contribution in [0.1, 0.15) is 35.6 Å². The van der Waals surface area contributed by atoms with Crippen molar-refractivity contribution in [3.05, 3.63) is 50.6 Å². The molecule has 3 aliphatic rings. The maximum Gasteiger partial charge on any atom is 0.305 e. The number of benzene rings is 1. The molecular weight excluding hydrogens is 336 g/mol. The Morgan fingerprint density at radius 3 is 2.96 bits per heavy atom. The Bertz CT molecular complexity index is 1000. The first kappa shape index (κ1) is 13.8. The Morgan fingerprint density at radius 2 is 2.00 bits per heavy atom. The van der Waals surface area contributed by atoms with Gasteiger partial charge in [-0.3, -0.25) is 4.79 Å². The lowest BCUT2D eigenvalue weighted by atomic mass is 9.75. The van der Waals surface area contributed by atoms with Crippen molar-refractivity contribution < 1.29 is 0 Å². The predicted molar refractivity (Wildman–Crippen MR) is 99.0 cm³/mol. The van der Waals surface area contributed by atoms with Gasteiger partial charge in [0.2, 0.25) is 0 Å². The Kier molecular flexibility index (Phi) is 2.75. The predicted octanol–water partition coefficient (Wildman–Crippen LogP) is 4.57. The summed E-state index contributed by atoms with van der Waals surface area (Å²) in [6, 6.07) is 8.57. The smallest absolute Gasteiger partial charge is 0.305 e. The van der Waals surface area contributed by atoms with Gasteiger partial charge >= 0.3 is 4.87 Å². The number of aromatic amines is 2. The zero-order chi connectivity index (χ0) is 15.8. The highest BCUT2D eigenvalue weighted by Crippen LogP contribution is 2.64. The lowest BCUT2D eigenvalue weighted by molar-refractivity contribution is 0.308. The summed E-state index contributed by atoms with van der Waals surface area (Å²) in [7, 11) is 0. The minimum atomic E-state index is 0.102. The van der Waals surface area contributed by atoms with Crippen molar-refractivity contribution in [2.24, 2.45) is 17.8 Å². The van der Waals surface area contributed by atoms with E-state index in [1.165, 1.54) is 51.9 Å². The number of para-hydroxylation sites is 1. The van der Waals surface area contributed by atoms with Crippen molar-refractivity contribution in [3.8, 4) is 0 Å². The number of rotatable bonds is 1. The van der Waals surface area contributed by atoms with E-state index in [2.05, 4.69) is 40.4 Å². The molecule has 3 nitrogen and oxygen atoms in total. The summed E-state index contributed by atoms with van der Waals surface area (Å²) in [5.41, 5.74) is 2.60. The number of hydrogen-bond donors (Lipinski definition) is 2. The Balaban J connectivity index is 1.61. The summed E-state index contributed by atoms with van der Waals surface area (Å²) in [6.45, 7) is 0. The zero-order valence-corrected chi connectivity index (χ0v) is 14.8. The van der Waals surface area contributed by atoms with Gasteiger partial charge in [-0.1, -0.05) is 29.5 Å². The number of fused-ring (bicyclic) bond motifs is 7. The van der Waals surface area contributed by atoms with Crippen LogP contribution >= 0.6 is 23.1 Å². The Hall–Kier alpha value is -1.46. The molecule has 3 heterocycles. The van der Waals surface area contributed by atoms with Gasteiger partial charge in [-0.15, -0.1) is 11.8 Å². The van der Waals surface area contributed by atoms with Crippen molar-refractivity contribution in [3.63, 3.8) is 0 Å². The standard InChI is InChI=1S/C19H18N2OS2/c22-19-21-18-17(24-19)15(12-8-20-13-4-2-1-3-11(12)13)14-9-5-6-10(7-9)16(14)23-18/h1-4,8-10,14-16,20H,5-7H2,(H,21,22)/t9-,10-,14-,15-,16+/m1/s1. The first-order chi connectivity index (χ1) is 11.8. The van der Waals surface area contributed by atoms with Crippen molar-refractivity contribution in [1.82, 2.24) is 9.97 Å². The van der Waals surface area contributed by atoms with Crippen LogP contribution in [0.4, 0.5) is 0 Å². The summed E-state index contributed by atoms with van der Waals surface area (Å²) < 4.78 is 0. The fourth-order valence-corrected chi connectivity index (χ4v) is 8.43. The van der Waals surface area contributed by atoms with Crippen LogP contribution in [0.2, 0.25) is 0 Å². The van der Waals surface area contributed by atoms with Gasteiger partial charge in [-0.25, -0.2) is 0 Å². The molecule has 5 heteroatoms. The molecular formula is C19H18N2OS2. The van der Waals surface area contributed by atoms with Crippen molar-refractivity contribution in [1.29, 1.82) is 0 Å². The van der Waals surface area contributed by atoms with Crippen LogP contribution in [0.25, 0.3) is 10.9 Å². The molecule has 2 aliphatic carbocycles. The minimum Gasteiger partial charge on any atom is -0.361 e. The number of nitrogens with one attached hydrogen (secondary N) is 2. The highest BCUT2D eigenvalue weighted by molar-refractivity contribution is 8.00. The van der Waals surface area contributed by atoms with Crippen LogP contribution in [0, 0.1) is 17.8 Å². The maximum atomic E-state index is 12.1. The normalized spacial score (nSPS) is 33.8. The van der Waals surface area contributed by atoms with Crippen molar-refractivity contribution in [2.75, 3.05) is 0 Å². The average Bonchev–Trinajstić information content (AvgIpc) is 3.34. The maximum absolute atomic E-state index is 12.1. The quantitative estimate of drug-likeness (QED) is 0.672. The monoisotopic (exact) mass is 354 g/mol. The molecule has 0 unspecified atom stereocenters. The van der Waals surface area contributed by atoms with Crippen LogP contribution in [-0.2, 0) is 0 Å². The van der Waals surface area contributed by atoms with Crippen LogP contribution in [0.5, 0.6) is 0 Å². The highest BCUT2D eigenvalue weighted by Gasteiger charge is 2.55. The van der Waals surface area contributed by atoms with Gasteiger partial charge in [0, 0.05) is 33.1 Å². The molecule has 6 rings (SSSR count). The molecule has 2 bridgehead atoms. The van der Waals surface area contributed by atoms with Crippen LogP contribution < -0.4 is 4.87 Å². The number of thioether (sulfide) groups is 1. The second-order valence-electron chi connectivity index (χ2n) is 7.47. The van der Waals surface area contributed by atoms with Gasteiger partial charge in [0.25, 0.3) is 0 Å². The summed E-state index contributed by atoms with van der Waals surface area (Å²) in [4.78, 5) is 20.0. The average molecular weight is 355 g/mol. The van der Waals surface area contributed by atoms with E-state index in [0.29, 0.717) is 17.1 Å². The highest BCUT2D eigenvalue weighted by atomic mass is 32.2. The molecule has 0 spiro atoms. The number of thiazole rings is 1. The van der Waals surface area contributed by atoms with E-state index < -0.39 is 0 Å². The molecule has 0 saturated heterocycles. The SMILES string of the molecule is O=c1[nH]c2c(s1)[C@H](c1c[nH]c3ccccc13)[C@H]1[C@@H]3CC[C@H](C3)[C@@H]1S2. The number of hydrogen-bond acceptors (Lipinski definition) is 3. The first-order valence-electron chi connectivity index (χ1n) is 8.75. The molecule has 24 heavy (non-hydrogen) atoms. The molecule has 2 fully saturated rings.